The van der Waals surface area contributed by atoms with Crippen LogP contribution in [0.15, 0.2) is 152 Å². The van der Waals surface area contributed by atoms with E-state index in [1.54, 1.807) is 0 Å². The van der Waals surface area contributed by atoms with Gasteiger partial charge in [0.25, 0.3) is 0 Å². The van der Waals surface area contributed by atoms with Gasteiger partial charge >= 0.3 is 0 Å². The molecule has 50 heavy (non-hydrogen) atoms. The summed E-state index contributed by atoms with van der Waals surface area (Å²) >= 11 is 0. The molecule has 236 valence electrons. The summed E-state index contributed by atoms with van der Waals surface area (Å²) in [5.74, 6) is 0.659. The van der Waals surface area contributed by atoms with E-state index in [0.29, 0.717) is 5.95 Å². The molecule has 0 atom stereocenters. The average molecular weight is 642 g/mol. The van der Waals surface area contributed by atoms with Crippen molar-refractivity contribution in [3.63, 3.8) is 0 Å². The molecular formula is C45H31N5. The minimum atomic E-state index is -0.379. The summed E-state index contributed by atoms with van der Waals surface area (Å²) in [7, 11) is 0. The molecule has 5 aromatic carbocycles. The third-order valence-corrected chi connectivity index (χ3v) is 10.4. The van der Waals surface area contributed by atoms with Gasteiger partial charge in [0.2, 0.25) is 5.95 Å². The molecule has 0 fully saturated rings. The van der Waals surface area contributed by atoms with Crippen molar-refractivity contribution in [2.75, 3.05) is 0 Å². The molecule has 0 unspecified atom stereocenters. The van der Waals surface area contributed by atoms with E-state index in [0.717, 1.165) is 61.4 Å². The lowest BCUT2D eigenvalue weighted by Crippen LogP contribution is -2.18. The second kappa shape index (κ2) is 10.8. The van der Waals surface area contributed by atoms with Crippen LogP contribution in [-0.2, 0) is 5.41 Å². The predicted octanol–water partition coefficient (Wildman–Crippen LogP) is 10.8. The van der Waals surface area contributed by atoms with Crippen LogP contribution in [-0.4, -0.2) is 24.5 Å². The molecule has 0 bridgehead atoms. The zero-order valence-electron chi connectivity index (χ0n) is 27.7. The number of hydrogen-bond acceptors (Lipinski definition) is 4. The molecule has 10 rings (SSSR count). The monoisotopic (exact) mass is 641 g/mol. The molecule has 5 heteroatoms. The largest absolute Gasteiger partial charge is 0.278 e. The molecule has 0 saturated heterocycles. The van der Waals surface area contributed by atoms with Crippen molar-refractivity contribution in [3.8, 4) is 50.7 Å². The molecule has 0 spiro atoms. The van der Waals surface area contributed by atoms with Gasteiger partial charge in [0.1, 0.15) is 0 Å². The van der Waals surface area contributed by atoms with Gasteiger partial charge in [-0.1, -0.05) is 105 Å². The van der Waals surface area contributed by atoms with Gasteiger partial charge in [-0.2, -0.15) is 0 Å². The minimum absolute atomic E-state index is 0.379. The van der Waals surface area contributed by atoms with Gasteiger partial charge in [-0.3, -0.25) is 14.5 Å². The second-order valence-corrected chi connectivity index (χ2v) is 13.5. The van der Waals surface area contributed by atoms with E-state index in [1.165, 1.54) is 27.1 Å². The van der Waals surface area contributed by atoms with Crippen molar-refractivity contribution in [3.05, 3.63) is 163 Å². The first-order valence-corrected chi connectivity index (χ1v) is 17.0. The van der Waals surface area contributed by atoms with E-state index >= 15 is 0 Å². The van der Waals surface area contributed by atoms with Crippen LogP contribution in [0.3, 0.4) is 0 Å². The maximum atomic E-state index is 5.56. The molecule has 1 aliphatic rings. The summed E-state index contributed by atoms with van der Waals surface area (Å²) in [6.07, 6.45) is 7.52. The highest BCUT2D eigenvalue weighted by molar-refractivity contribution is 6.21. The van der Waals surface area contributed by atoms with Gasteiger partial charge in [-0.25, -0.2) is 9.97 Å². The fraction of sp³-hybridized carbons (Fsp3) is 0.0667. The van der Waals surface area contributed by atoms with Crippen molar-refractivity contribution in [2.45, 2.75) is 19.3 Å². The number of para-hydroxylation sites is 1. The van der Waals surface area contributed by atoms with Crippen LogP contribution in [0.1, 0.15) is 25.0 Å². The van der Waals surface area contributed by atoms with Crippen molar-refractivity contribution in [1.29, 1.82) is 0 Å². The molecule has 0 radical (unpaired) electrons. The normalized spacial score (nSPS) is 13.2. The third kappa shape index (κ3) is 4.13. The van der Waals surface area contributed by atoms with E-state index in [9.17, 15) is 0 Å². The van der Waals surface area contributed by atoms with Gasteiger partial charge in [-0.05, 0) is 63.9 Å². The number of aromatic nitrogens is 5. The predicted molar refractivity (Wildman–Crippen MR) is 203 cm³/mol. The van der Waals surface area contributed by atoms with Crippen LogP contribution < -0.4 is 0 Å². The Labute approximate surface area is 289 Å². The van der Waals surface area contributed by atoms with Crippen molar-refractivity contribution >= 4 is 32.6 Å². The van der Waals surface area contributed by atoms with Crippen LogP contribution >= 0.6 is 0 Å². The lowest BCUT2D eigenvalue weighted by Gasteiger charge is -2.25. The Morgan fingerprint density at radius 3 is 1.90 bits per heavy atom. The minimum Gasteiger partial charge on any atom is -0.278 e. The van der Waals surface area contributed by atoms with E-state index in [4.69, 9.17) is 9.97 Å². The van der Waals surface area contributed by atoms with Gasteiger partial charge in [0, 0.05) is 68.8 Å². The summed E-state index contributed by atoms with van der Waals surface area (Å²) in [5.41, 5.74) is 12.6. The fourth-order valence-electron chi connectivity index (χ4n) is 8.06. The van der Waals surface area contributed by atoms with Crippen molar-refractivity contribution in [1.82, 2.24) is 24.5 Å². The SMILES string of the molecule is CC1(C)c2cc(-c3cccnc3)c(-c3cccnc3)cc2-c2nc(-n3c4ccccc4c4c5ccccc5ccc43)nc(-c3ccccc3)c21. The molecule has 0 amide bonds. The number of pyridine rings is 2. The zero-order chi connectivity index (χ0) is 33.4. The molecule has 4 aromatic heterocycles. The lowest BCUT2D eigenvalue weighted by molar-refractivity contribution is 0.657. The standard InChI is InChI=1S/C45H31N5/c1-45(2)37-25-35(31-16-11-23-47-27-31)34(30-15-10-22-46-26-30)24-36(37)43-41(45)42(29-13-4-3-5-14-29)48-44(49-43)50-38-19-9-8-18-33(38)40-32-17-7-6-12-28(32)20-21-39(40)50/h3-27H,1-2H3. The Morgan fingerprint density at radius 1 is 0.520 bits per heavy atom. The Bertz CT molecular complexity index is 2770. The van der Waals surface area contributed by atoms with Crippen LogP contribution in [0.5, 0.6) is 0 Å². The van der Waals surface area contributed by atoms with E-state index in [-0.39, 0.29) is 5.41 Å². The molecular weight excluding hydrogens is 611 g/mol. The van der Waals surface area contributed by atoms with E-state index < -0.39 is 0 Å². The average Bonchev–Trinajstić information content (AvgIpc) is 3.63. The van der Waals surface area contributed by atoms with Crippen molar-refractivity contribution in [2.24, 2.45) is 0 Å². The maximum absolute atomic E-state index is 5.56. The van der Waals surface area contributed by atoms with Crippen molar-refractivity contribution < 1.29 is 0 Å². The smallest absolute Gasteiger partial charge is 0.235 e. The fourth-order valence-corrected chi connectivity index (χ4v) is 8.06. The van der Waals surface area contributed by atoms with Crippen LogP contribution in [0.2, 0.25) is 0 Å². The Kier molecular flexibility index (Phi) is 6.15. The first-order chi connectivity index (χ1) is 24.6. The first kappa shape index (κ1) is 28.5. The topological polar surface area (TPSA) is 56.5 Å². The number of benzene rings is 5. The summed E-state index contributed by atoms with van der Waals surface area (Å²) < 4.78 is 2.25. The van der Waals surface area contributed by atoms with Crippen LogP contribution in [0.25, 0.3) is 83.3 Å². The number of nitrogens with zero attached hydrogens (tertiary/aromatic N) is 5. The highest BCUT2D eigenvalue weighted by atomic mass is 15.2. The highest BCUT2D eigenvalue weighted by Gasteiger charge is 2.41. The number of hydrogen-bond donors (Lipinski definition) is 0. The zero-order valence-corrected chi connectivity index (χ0v) is 27.7. The van der Waals surface area contributed by atoms with E-state index in [1.807, 2.05) is 36.9 Å². The van der Waals surface area contributed by atoms with Gasteiger partial charge in [0.05, 0.1) is 22.4 Å². The van der Waals surface area contributed by atoms with Crippen LogP contribution in [0.4, 0.5) is 0 Å². The Hall–Kier alpha value is -6.46. The first-order valence-electron chi connectivity index (χ1n) is 17.0. The molecule has 0 N–H and O–H groups in total. The van der Waals surface area contributed by atoms with E-state index in [2.05, 4.69) is 144 Å². The lowest BCUT2D eigenvalue weighted by atomic mass is 9.79. The Balaban J connectivity index is 1.32. The van der Waals surface area contributed by atoms with Gasteiger partial charge in [0.15, 0.2) is 0 Å². The molecule has 0 saturated carbocycles. The second-order valence-electron chi connectivity index (χ2n) is 13.5. The summed E-state index contributed by atoms with van der Waals surface area (Å²) in [6, 6.07) is 45.1. The summed E-state index contributed by atoms with van der Waals surface area (Å²) in [6.45, 7) is 4.60. The molecule has 1 aliphatic carbocycles. The molecule has 9 aromatic rings. The highest BCUT2D eigenvalue weighted by Crippen LogP contribution is 2.54. The van der Waals surface area contributed by atoms with Crippen LogP contribution in [0, 0.1) is 0 Å². The number of rotatable bonds is 4. The molecule has 5 nitrogen and oxygen atoms in total. The maximum Gasteiger partial charge on any atom is 0.235 e. The quantitative estimate of drug-likeness (QED) is 0.192. The summed E-state index contributed by atoms with van der Waals surface area (Å²) in [5, 5.41) is 4.83. The molecule has 0 aliphatic heterocycles. The number of fused-ring (bicyclic) bond motifs is 8. The van der Waals surface area contributed by atoms with Gasteiger partial charge in [-0.15, -0.1) is 0 Å². The molecule has 4 heterocycles. The summed E-state index contributed by atoms with van der Waals surface area (Å²) in [4.78, 5) is 20.1. The Morgan fingerprint density at radius 2 is 1.16 bits per heavy atom. The van der Waals surface area contributed by atoms with Gasteiger partial charge < -0.3 is 0 Å². The third-order valence-electron chi connectivity index (χ3n) is 10.4.